The summed E-state index contributed by atoms with van der Waals surface area (Å²) in [6.07, 6.45) is 1.33. The van der Waals surface area contributed by atoms with Gasteiger partial charge >= 0.3 is 0 Å². The second-order valence-corrected chi connectivity index (χ2v) is 10.8. The number of benzene rings is 1. The molecular formula is C19H23ClN2O3S2. The molecule has 27 heavy (non-hydrogen) atoms. The third-order valence-corrected chi connectivity index (χ3v) is 8.76. The number of nitrogens with one attached hydrogen (secondary N) is 1. The Morgan fingerprint density at radius 1 is 1.22 bits per heavy atom. The van der Waals surface area contributed by atoms with E-state index in [0.29, 0.717) is 30.3 Å². The van der Waals surface area contributed by atoms with Crippen molar-refractivity contribution >= 4 is 44.6 Å². The van der Waals surface area contributed by atoms with Crippen molar-refractivity contribution in [2.24, 2.45) is 11.8 Å². The van der Waals surface area contributed by atoms with Crippen LogP contribution in [0.5, 0.6) is 0 Å². The number of thiophene rings is 1. The Hall–Kier alpha value is -1.41. The smallest absolute Gasteiger partial charge is 0.252 e. The molecule has 5 nitrogen and oxygen atoms in total. The first kappa shape index (κ1) is 20.3. The van der Waals surface area contributed by atoms with Crippen molar-refractivity contribution < 1.29 is 13.2 Å². The Morgan fingerprint density at radius 3 is 2.48 bits per heavy atom. The molecule has 0 saturated carbocycles. The molecule has 1 saturated heterocycles. The van der Waals surface area contributed by atoms with Crippen molar-refractivity contribution in [1.29, 1.82) is 0 Å². The molecule has 1 atom stereocenters. The molecule has 1 amide bonds. The first-order valence-electron chi connectivity index (χ1n) is 8.91. The number of halogens is 1. The SMILES string of the molecule is Cc1ccccc1NC(=O)[C@@H](C)C1CCN(S(=O)(=O)c2ccc(Cl)s2)CC1. The Bertz CT molecular complexity index is 919. The minimum atomic E-state index is -3.50. The number of aryl methyl sites for hydroxylation is 1. The third-order valence-electron chi connectivity index (χ3n) is 5.16. The lowest BCUT2D eigenvalue weighted by atomic mass is 9.85. The van der Waals surface area contributed by atoms with Gasteiger partial charge in [0.25, 0.3) is 10.0 Å². The maximum Gasteiger partial charge on any atom is 0.252 e. The summed E-state index contributed by atoms with van der Waals surface area (Å²) < 4.78 is 27.6. The fourth-order valence-electron chi connectivity index (χ4n) is 3.35. The summed E-state index contributed by atoms with van der Waals surface area (Å²) in [5.74, 6) is -0.0336. The Morgan fingerprint density at radius 2 is 1.89 bits per heavy atom. The van der Waals surface area contributed by atoms with Gasteiger partial charge in [-0.1, -0.05) is 36.7 Å². The topological polar surface area (TPSA) is 66.5 Å². The van der Waals surface area contributed by atoms with Gasteiger partial charge in [-0.15, -0.1) is 11.3 Å². The van der Waals surface area contributed by atoms with Gasteiger partial charge in [-0.2, -0.15) is 4.31 Å². The molecule has 1 aromatic heterocycles. The van der Waals surface area contributed by atoms with Gasteiger partial charge in [0.05, 0.1) is 4.34 Å². The fourth-order valence-corrected chi connectivity index (χ4v) is 6.46. The van der Waals surface area contributed by atoms with Crippen LogP contribution in [0.4, 0.5) is 5.69 Å². The molecule has 1 N–H and O–H groups in total. The molecule has 3 rings (SSSR count). The maximum absolute atomic E-state index is 12.7. The Balaban J connectivity index is 1.60. The van der Waals surface area contributed by atoms with Crippen molar-refractivity contribution in [1.82, 2.24) is 4.31 Å². The van der Waals surface area contributed by atoms with E-state index in [2.05, 4.69) is 5.32 Å². The normalized spacial score (nSPS) is 17.6. The van der Waals surface area contributed by atoms with Crippen LogP contribution in [0.2, 0.25) is 4.34 Å². The highest BCUT2D eigenvalue weighted by atomic mass is 35.5. The molecule has 0 bridgehead atoms. The largest absolute Gasteiger partial charge is 0.326 e. The average Bonchev–Trinajstić information content (AvgIpc) is 3.10. The molecule has 0 unspecified atom stereocenters. The van der Waals surface area contributed by atoms with Gasteiger partial charge in [0.2, 0.25) is 5.91 Å². The van der Waals surface area contributed by atoms with E-state index in [1.165, 1.54) is 4.31 Å². The van der Waals surface area contributed by atoms with Gasteiger partial charge in [-0.25, -0.2) is 8.42 Å². The summed E-state index contributed by atoms with van der Waals surface area (Å²) in [6.45, 7) is 4.72. The lowest BCUT2D eigenvalue weighted by Crippen LogP contribution is -2.41. The Kier molecular flexibility index (Phi) is 6.25. The molecule has 1 fully saturated rings. The lowest BCUT2D eigenvalue weighted by molar-refractivity contribution is -0.121. The highest BCUT2D eigenvalue weighted by Crippen LogP contribution is 2.32. The number of hydrogen-bond donors (Lipinski definition) is 1. The molecule has 1 aliphatic heterocycles. The minimum absolute atomic E-state index is 0.0179. The van der Waals surface area contributed by atoms with Crippen LogP contribution in [0.15, 0.2) is 40.6 Å². The molecule has 2 aromatic rings. The molecule has 2 heterocycles. The van der Waals surface area contributed by atoms with Crippen LogP contribution in [-0.4, -0.2) is 31.7 Å². The van der Waals surface area contributed by atoms with Crippen LogP contribution in [-0.2, 0) is 14.8 Å². The molecular weight excluding hydrogens is 404 g/mol. The summed E-state index contributed by atoms with van der Waals surface area (Å²) >= 11 is 6.95. The number of nitrogens with zero attached hydrogens (tertiary/aromatic N) is 1. The zero-order chi connectivity index (χ0) is 19.6. The summed E-state index contributed by atoms with van der Waals surface area (Å²) in [5.41, 5.74) is 1.84. The number of anilines is 1. The number of para-hydroxylation sites is 1. The number of carbonyl (C=O) groups excluding carboxylic acids is 1. The first-order chi connectivity index (χ1) is 12.8. The summed E-state index contributed by atoms with van der Waals surface area (Å²) in [6, 6.07) is 10.8. The van der Waals surface area contributed by atoms with Crippen molar-refractivity contribution in [2.45, 2.75) is 30.9 Å². The van der Waals surface area contributed by atoms with Crippen molar-refractivity contribution in [2.75, 3.05) is 18.4 Å². The predicted molar refractivity (Wildman–Crippen MR) is 110 cm³/mol. The second kappa shape index (κ2) is 8.31. The highest BCUT2D eigenvalue weighted by molar-refractivity contribution is 7.91. The lowest BCUT2D eigenvalue weighted by Gasteiger charge is -2.33. The van der Waals surface area contributed by atoms with E-state index in [9.17, 15) is 13.2 Å². The number of piperidine rings is 1. The number of hydrogen-bond acceptors (Lipinski definition) is 4. The average molecular weight is 427 g/mol. The van der Waals surface area contributed by atoms with Crippen LogP contribution < -0.4 is 5.32 Å². The highest BCUT2D eigenvalue weighted by Gasteiger charge is 2.34. The van der Waals surface area contributed by atoms with Crippen molar-refractivity contribution in [3.05, 3.63) is 46.3 Å². The molecule has 146 valence electrons. The van der Waals surface area contributed by atoms with Gasteiger partial charge in [-0.05, 0) is 49.4 Å². The quantitative estimate of drug-likeness (QED) is 0.771. The van der Waals surface area contributed by atoms with E-state index in [-0.39, 0.29) is 22.0 Å². The Labute approximate surface area is 169 Å². The third kappa shape index (κ3) is 4.54. The van der Waals surface area contributed by atoms with E-state index >= 15 is 0 Å². The van der Waals surface area contributed by atoms with E-state index in [1.54, 1.807) is 12.1 Å². The summed E-state index contributed by atoms with van der Waals surface area (Å²) in [4.78, 5) is 12.6. The minimum Gasteiger partial charge on any atom is -0.326 e. The predicted octanol–water partition coefficient (Wildman–Crippen LogP) is 4.39. The monoisotopic (exact) mass is 426 g/mol. The van der Waals surface area contributed by atoms with Crippen LogP contribution in [0.3, 0.4) is 0 Å². The van der Waals surface area contributed by atoms with Gasteiger partial charge < -0.3 is 5.32 Å². The van der Waals surface area contributed by atoms with Crippen molar-refractivity contribution in [3.63, 3.8) is 0 Å². The van der Waals surface area contributed by atoms with E-state index < -0.39 is 10.0 Å². The molecule has 1 aromatic carbocycles. The first-order valence-corrected chi connectivity index (χ1v) is 11.5. The summed E-state index contributed by atoms with van der Waals surface area (Å²) in [5, 5.41) is 2.99. The van der Waals surface area contributed by atoms with Crippen molar-refractivity contribution in [3.8, 4) is 0 Å². The van der Waals surface area contributed by atoms with Crippen LogP contribution in [0.25, 0.3) is 0 Å². The standard InChI is InChI=1S/C19H23ClN2O3S2/c1-13-5-3-4-6-16(13)21-19(23)14(2)15-9-11-22(12-10-15)27(24,25)18-8-7-17(20)26-18/h3-8,14-15H,9-12H2,1-2H3,(H,21,23)/t14-/m0/s1. The number of sulfonamides is 1. The van der Waals surface area contributed by atoms with E-state index in [1.807, 2.05) is 38.1 Å². The van der Waals surface area contributed by atoms with Gasteiger partial charge in [-0.3, -0.25) is 4.79 Å². The second-order valence-electron chi connectivity index (χ2n) is 6.89. The van der Waals surface area contributed by atoms with Crippen LogP contribution >= 0.6 is 22.9 Å². The zero-order valence-corrected chi connectivity index (χ0v) is 17.7. The fraction of sp³-hybridized carbons (Fsp3) is 0.421. The summed E-state index contributed by atoms with van der Waals surface area (Å²) in [7, 11) is -3.50. The maximum atomic E-state index is 12.7. The van der Waals surface area contributed by atoms with Gasteiger partial charge in [0.1, 0.15) is 4.21 Å². The van der Waals surface area contributed by atoms with Crippen LogP contribution in [0.1, 0.15) is 25.3 Å². The molecule has 8 heteroatoms. The zero-order valence-electron chi connectivity index (χ0n) is 15.3. The van der Waals surface area contributed by atoms with E-state index in [0.717, 1.165) is 22.6 Å². The number of rotatable bonds is 5. The molecule has 0 spiro atoms. The molecule has 0 radical (unpaired) electrons. The van der Waals surface area contributed by atoms with Gasteiger partial charge in [0, 0.05) is 24.7 Å². The van der Waals surface area contributed by atoms with E-state index in [4.69, 9.17) is 11.6 Å². The van der Waals surface area contributed by atoms with Crippen LogP contribution in [0, 0.1) is 18.8 Å². The van der Waals surface area contributed by atoms with Gasteiger partial charge in [0.15, 0.2) is 0 Å². The molecule has 0 aliphatic carbocycles. The number of amides is 1. The molecule has 1 aliphatic rings. The number of carbonyl (C=O) groups is 1.